The lowest BCUT2D eigenvalue weighted by atomic mass is 10.1. The molecule has 1 aromatic carbocycles. The molecule has 0 spiro atoms. The quantitative estimate of drug-likeness (QED) is 0.640. The Kier molecular flexibility index (Phi) is 4.78. The minimum Gasteiger partial charge on any atom is -0.291 e. The van der Waals surface area contributed by atoms with E-state index in [-0.39, 0.29) is 15.7 Å². The van der Waals surface area contributed by atoms with Crippen LogP contribution < -0.4 is 21.0 Å². The molecule has 0 atom stereocenters. The summed E-state index contributed by atoms with van der Waals surface area (Å²) in [6.45, 7) is 7.63. The van der Waals surface area contributed by atoms with E-state index in [1.807, 2.05) is 13.8 Å². The maximum absolute atomic E-state index is 13.2. The number of benzene rings is 1. The number of hydrogen-bond donors (Lipinski definition) is 1. The van der Waals surface area contributed by atoms with Gasteiger partial charge in [0.1, 0.15) is 0 Å². The van der Waals surface area contributed by atoms with Gasteiger partial charge in [0.25, 0.3) is 11.5 Å². The molecular weight excluding hydrogens is 420 g/mol. The lowest BCUT2D eigenvalue weighted by molar-refractivity contribution is -0.115. The van der Waals surface area contributed by atoms with Gasteiger partial charge in [-0.05, 0) is 62.3 Å². The summed E-state index contributed by atoms with van der Waals surface area (Å²) in [6.07, 6.45) is 4.38. The third-order valence-corrected chi connectivity index (χ3v) is 7.86. The summed E-state index contributed by atoms with van der Waals surface area (Å²) in [7, 11) is -2.54. The van der Waals surface area contributed by atoms with Crippen LogP contribution in [0.3, 0.4) is 0 Å². The first-order valence-electron chi connectivity index (χ1n) is 10.1. The summed E-state index contributed by atoms with van der Waals surface area (Å²) >= 11 is 0. The number of rotatable bonds is 7. The number of aromatic nitrogens is 2. The monoisotopic (exact) mass is 446 g/mol. The fourth-order valence-corrected chi connectivity index (χ4v) is 5.07. The average molecular weight is 447 g/mol. The first-order valence-corrected chi connectivity index (χ1v) is 11.6. The Labute approximate surface area is 180 Å². The lowest BCUT2D eigenvalue weighted by Gasteiger charge is -2.22. The van der Waals surface area contributed by atoms with Crippen LogP contribution in [0.4, 0.5) is 0 Å². The van der Waals surface area contributed by atoms with Gasteiger partial charge in [0.15, 0.2) is 0 Å². The second kappa shape index (κ2) is 6.89. The molecule has 2 aromatic rings. The van der Waals surface area contributed by atoms with Crippen molar-refractivity contribution in [3.63, 3.8) is 0 Å². The van der Waals surface area contributed by atoms with Gasteiger partial charge in [-0.3, -0.25) is 14.2 Å². The van der Waals surface area contributed by atoms with Crippen LogP contribution in [0.15, 0.2) is 45.3 Å². The molecule has 31 heavy (non-hydrogen) atoms. The van der Waals surface area contributed by atoms with Crippen LogP contribution in [0.2, 0.25) is 0 Å². The summed E-state index contributed by atoms with van der Waals surface area (Å²) in [5, 5.41) is 0.949. The van der Waals surface area contributed by atoms with Crippen molar-refractivity contribution in [2.24, 2.45) is 5.41 Å². The zero-order valence-electron chi connectivity index (χ0n) is 17.8. The fourth-order valence-electron chi connectivity index (χ4n) is 3.58. The van der Waals surface area contributed by atoms with Crippen LogP contribution in [0.1, 0.15) is 39.5 Å². The molecule has 0 aliphatic heterocycles. The Hall–Kier alpha value is -2.72. The number of carbonyl (C=O) groups is 1. The summed E-state index contributed by atoms with van der Waals surface area (Å²) in [4.78, 5) is 38.5. The van der Waals surface area contributed by atoms with E-state index in [2.05, 4.69) is 11.3 Å². The molecule has 0 saturated heterocycles. The highest BCUT2D eigenvalue weighted by Gasteiger charge is 2.41. The van der Waals surface area contributed by atoms with Crippen molar-refractivity contribution in [1.82, 2.24) is 14.0 Å². The molecule has 10 heteroatoms. The summed E-state index contributed by atoms with van der Waals surface area (Å²) in [5.74, 6) is -0.630. The molecule has 9 nitrogen and oxygen atoms in total. The molecule has 1 aromatic heterocycles. The van der Waals surface area contributed by atoms with Crippen LogP contribution >= 0.6 is 0 Å². The number of sulfonamides is 1. The van der Waals surface area contributed by atoms with E-state index in [0.717, 1.165) is 41.4 Å². The molecule has 0 unspecified atom stereocenters. The van der Waals surface area contributed by atoms with Gasteiger partial charge in [-0.25, -0.2) is 22.9 Å². The Bertz CT molecular complexity index is 1330. The average Bonchev–Trinajstić information content (AvgIpc) is 3.63. The lowest BCUT2D eigenvalue weighted by Crippen LogP contribution is -2.53. The number of nitrogens with one attached hydrogen (secondary N) is 1. The summed E-state index contributed by atoms with van der Waals surface area (Å²) in [5.41, 5.74) is -1.61. The van der Waals surface area contributed by atoms with E-state index in [1.165, 1.54) is 29.8 Å². The van der Waals surface area contributed by atoms with Crippen LogP contribution in [0.25, 0.3) is 10.9 Å². The van der Waals surface area contributed by atoms with Crippen molar-refractivity contribution in [2.75, 3.05) is 12.1 Å². The molecule has 1 amide bonds. The van der Waals surface area contributed by atoms with Gasteiger partial charge < -0.3 is 0 Å². The second-order valence-corrected chi connectivity index (χ2v) is 10.9. The first-order chi connectivity index (χ1) is 14.4. The molecule has 4 rings (SSSR count). The molecule has 1 heterocycles. The van der Waals surface area contributed by atoms with E-state index < -0.39 is 32.7 Å². The van der Waals surface area contributed by atoms with Crippen molar-refractivity contribution in [1.29, 1.82) is 0 Å². The Balaban J connectivity index is 1.95. The number of nitrogens with zero attached hydrogens (tertiary/aromatic N) is 3. The predicted octanol–water partition coefficient (Wildman–Crippen LogP) is 1.07. The van der Waals surface area contributed by atoms with Gasteiger partial charge in [-0.15, -0.1) is 0 Å². The zero-order valence-corrected chi connectivity index (χ0v) is 18.7. The van der Waals surface area contributed by atoms with Crippen LogP contribution in [-0.2, 0) is 21.4 Å². The number of carbonyl (C=O) groups excluding carboxylic acids is 1. The molecule has 2 aliphatic carbocycles. The topological polar surface area (TPSA) is 110 Å². The zero-order chi connectivity index (χ0) is 22.8. The van der Waals surface area contributed by atoms with Gasteiger partial charge in [-0.2, -0.15) is 4.68 Å². The Morgan fingerprint density at radius 2 is 1.87 bits per heavy atom. The van der Waals surface area contributed by atoms with Crippen molar-refractivity contribution in [3.8, 4) is 0 Å². The van der Waals surface area contributed by atoms with Crippen molar-refractivity contribution >= 4 is 26.8 Å². The minimum absolute atomic E-state index is 0.0522. The van der Waals surface area contributed by atoms with Gasteiger partial charge in [0.05, 0.1) is 15.8 Å². The minimum atomic E-state index is -3.85. The van der Waals surface area contributed by atoms with Crippen LogP contribution in [0, 0.1) is 5.41 Å². The SMILES string of the molecule is C=CC(=O)N(C)n1c(=O)c2cc(S(=O)(=O)NC3(C)CC3)ccc2n(CC2(C)CC2)c1=O. The third kappa shape index (κ3) is 3.85. The third-order valence-electron chi connectivity index (χ3n) is 6.22. The molecule has 2 fully saturated rings. The number of hydrogen-bond acceptors (Lipinski definition) is 5. The van der Waals surface area contributed by atoms with E-state index in [9.17, 15) is 22.8 Å². The van der Waals surface area contributed by atoms with Gasteiger partial charge in [0.2, 0.25) is 10.0 Å². The first kappa shape index (κ1) is 21.5. The van der Waals surface area contributed by atoms with Gasteiger partial charge in [0, 0.05) is 19.1 Å². The highest BCUT2D eigenvalue weighted by molar-refractivity contribution is 7.89. The number of amides is 1. The molecule has 2 saturated carbocycles. The van der Waals surface area contributed by atoms with E-state index in [1.54, 1.807) is 0 Å². The van der Waals surface area contributed by atoms with E-state index in [0.29, 0.717) is 12.1 Å². The Morgan fingerprint density at radius 1 is 1.23 bits per heavy atom. The molecule has 166 valence electrons. The molecule has 0 bridgehead atoms. The smallest absolute Gasteiger partial charge is 0.291 e. The second-order valence-electron chi connectivity index (χ2n) is 9.21. The maximum atomic E-state index is 13.2. The molecule has 1 N–H and O–H groups in total. The van der Waals surface area contributed by atoms with Gasteiger partial charge in [-0.1, -0.05) is 13.5 Å². The molecular formula is C21H26N4O5S. The number of fused-ring (bicyclic) bond motifs is 1. The highest BCUT2D eigenvalue weighted by atomic mass is 32.2. The highest BCUT2D eigenvalue weighted by Crippen LogP contribution is 2.46. The van der Waals surface area contributed by atoms with E-state index in [4.69, 9.17) is 0 Å². The Morgan fingerprint density at radius 3 is 2.42 bits per heavy atom. The molecule has 2 aliphatic rings. The van der Waals surface area contributed by atoms with Crippen molar-refractivity contribution in [2.45, 2.75) is 56.5 Å². The standard InChI is InChI=1S/C21H26N4O5S/c1-5-17(26)23(4)25-18(27)15-12-14(31(29,30)22-21(3)10-11-21)6-7-16(15)24(19(25)28)13-20(2)8-9-20/h5-7,12,22H,1,8-11,13H2,2-4H3. The maximum Gasteiger partial charge on any atom is 0.351 e. The van der Waals surface area contributed by atoms with Crippen LogP contribution in [-0.4, -0.2) is 36.2 Å². The fraction of sp³-hybridized carbons (Fsp3) is 0.476. The summed E-state index contributed by atoms with van der Waals surface area (Å²) < 4.78 is 30.5. The summed E-state index contributed by atoms with van der Waals surface area (Å²) in [6, 6.07) is 4.18. The van der Waals surface area contributed by atoms with E-state index >= 15 is 0 Å². The number of likely N-dealkylation sites (N-methyl/N-ethyl adjacent to an activating group) is 1. The van der Waals surface area contributed by atoms with Crippen LogP contribution in [0.5, 0.6) is 0 Å². The van der Waals surface area contributed by atoms with Crippen molar-refractivity contribution in [3.05, 3.63) is 51.7 Å². The van der Waals surface area contributed by atoms with Crippen molar-refractivity contribution < 1.29 is 13.2 Å². The normalized spacial score (nSPS) is 18.5. The largest absolute Gasteiger partial charge is 0.351 e. The van der Waals surface area contributed by atoms with Gasteiger partial charge >= 0.3 is 5.69 Å². The predicted molar refractivity (Wildman–Crippen MR) is 117 cm³/mol. The molecule has 0 radical (unpaired) electrons.